The lowest BCUT2D eigenvalue weighted by Gasteiger charge is -2.36. The van der Waals surface area contributed by atoms with Gasteiger partial charge in [0, 0.05) is 51.6 Å². The minimum absolute atomic E-state index is 0.0234. The number of amides is 1. The highest BCUT2D eigenvalue weighted by atomic mass is 16.3. The van der Waals surface area contributed by atoms with Crippen molar-refractivity contribution >= 4 is 16.9 Å². The molecular formula is C20H26N2O3. The highest BCUT2D eigenvalue weighted by Crippen LogP contribution is 2.17. The van der Waals surface area contributed by atoms with E-state index in [0.29, 0.717) is 23.4 Å². The van der Waals surface area contributed by atoms with Crippen LogP contribution in [-0.4, -0.2) is 48.4 Å². The standard InChI is InChI=1S/C20H26N2O3/c1-3-20(24)21(2)15-8-11-22(12-9-15)13-10-16-14-18(23)17-6-4-5-7-19(17)25-16/h4-7,14-15H,3,8-13H2,1-2H3. The van der Waals surface area contributed by atoms with Crippen LogP contribution in [0.4, 0.5) is 0 Å². The van der Waals surface area contributed by atoms with Crippen LogP contribution in [0.3, 0.4) is 0 Å². The summed E-state index contributed by atoms with van der Waals surface area (Å²) in [5.41, 5.74) is 0.679. The maximum Gasteiger partial charge on any atom is 0.222 e. The normalized spacial score (nSPS) is 16.2. The molecule has 134 valence electrons. The first-order valence-electron chi connectivity index (χ1n) is 9.08. The van der Waals surface area contributed by atoms with Gasteiger partial charge in [0.15, 0.2) is 5.43 Å². The fourth-order valence-electron chi connectivity index (χ4n) is 3.53. The molecule has 1 aromatic carbocycles. The van der Waals surface area contributed by atoms with Crippen LogP contribution in [0.5, 0.6) is 0 Å². The number of piperidine rings is 1. The second-order valence-electron chi connectivity index (χ2n) is 6.75. The number of hydrogen-bond donors (Lipinski definition) is 0. The Hall–Kier alpha value is -2.14. The summed E-state index contributed by atoms with van der Waals surface area (Å²) in [6, 6.07) is 9.33. The smallest absolute Gasteiger partial charge is 0.222 e. The van der Waals surface area contributed by atoms with Gasteiger partial charge in [-0.05, 0) is 25.0 Å². The molecule has 1 amide bonds. The molecule has 0 atom stereocenters. The number of carbonyl (C=O) groups is 1. The number of rotatable bonds is 5. The van der Waals surface area contributed by atoms with Gasteiger partial charge in [-0.3, -0.25) is 9.59 Å². The van der Waals surface area contributed by atoms with Crippen LogP contribution >= 0.6 is 0 Å². The molecular weight excluding hydrogens is 316 g/mol. The fraction of sp³-hybridized carbons (Fsp3) is 0.500. The third-order valence-corrected chi connectivity index (χ3v) is 5.16. The van der Waals surface area contributed by atoms with Crippen LogP contribution in [-0.2, 0) is 11.2 Å². The predicted octanol–water partition coefficient (Wildman–Crippen LogP) is 2.67. The van der Waals surface area contributed by atoms with Gasteiger partial charge in [-0.1, -0.05) is 19.1 Å². The summed E-state index contributed by atoms with van der Waals surface area (Å²) in [4.78, 5) is 28.2. The molecule has 2 aromatic rings. The summed E-state index contributed by atoms with van der Waals surface area (Å²) in [5.74, 6) is 0.959. The summed E-state index contributed by atoms with van der Waals surface area (Å²) < 4.78 is 5.86. The van der Waals surface area contributed by atoms with Gasteiger partial charge in [-0.25, -0.2) is 0 Å². The van der Waals surface area contributed by atoms with Crippen molar-refractivity contribution < 1.29 is 9.21 Å². The molecule has 5 heteroatoms. The van der Waals surface area contributed by atoms with Crippen LogP contribution in [0.2, 0.25) is 0 Å². The summed E-state index contributed by atoms with van der Waals surface area (Å²) in [6.07, 6.45) is 3.31. The highest BCUT2D eigenvalue weighted by molar-refractivity contribution is 5.76. The molecule has 0 N–H and O–H groups in total. The van der Waals surface area contributed by atoms with E-state index in [1.165, 1.54) is 0 Å². The van der Waals surface area contributed by atoms with Gasteiger partial charge in [0.1, 0.15) is 11.3 Å². The van der Waals surface area contributed by atoms with E-state index in [4.69, 9.17) is 4.42 Å². The van der Waals surface area contributed by atoms with Gasteiger partial charge in [-0.2, -0.15) is 0 Å². The SMILES string of the molecule is CCC(=O)N(C)C1CCN(CCc2cc(=O)c3ccccc3o2)CC1. The number of nitrogens with zero attached hydrogens (tertiary/aromatic N) is 2. The Morgan fingerprint density at radius 3 is 2.72 bits per heavy atom. The van der Waals surface area contributed by atoms with E-state index in [1.807, 2.05) is 37.1 Å². The molecule has 25 heavy (non-hydrogen) atoms. The van der Waals surface area contributed by atoms with Crippen molar-refractivity contribution in [2.45, 2.75) is 38.6 Å². The molecule has 0 aliphatic carbocycles. The van der Waals surface area contributed by atoms with Gasteiger partial charge in [0.2, 0.25) is 5.91 Å². The van der Waals surface area contributed by atoms with Crippen molar-refractivity contribution in [1.29, 1.82) is 0 Å². The molecule has 0 unspecified atom stereocenters. The minimum atomic E-state index is 0.0234. The number of para-hydroxylation sites is 1. The molecule has 1 aliphatic heterocycles. The lowest BCUT2D eigenvalue weighted by molar-refractivity contribution is -0.132. The molecule has 0 saturated carbocycles. The number of carbonyl (C=O) groups excluding carboxylic acids is 1. The molecule has 0 spiro atoms. The number of benzene rings is 1. The van der Waals surface area contributed by atoms with Crippen molar-refractivity contribution in [3.05, 3.63) is 46.3 Å². The topological polar surface area (TPSA) is 53.8 Å². The number of hydrogen-bond acceptors (Lipinski definition) is 4. The van der Waals surface area contributed by atoms with Crippen LogP contribution in [0.1, 0.15) is 31.9 Å². The zero-order valence-electron chi connectivity index (χ0n) is 15.0. The molecule has 0 bridgehead atoms. The lowest BCUT2D eigenvalue weighted by atomic mass is 10.0. The summed E-state index contributed by atoms with van der Waals surface area (Å²) >= 11 is 0. The summed E-state index contributed by atoms with van der Waals surface area (Å²) in [7, 11) is 1.91. The van der Waals surface area contributed by atoms with E-state index < -0.39 is 0 Å². The molecule has 5 nitrogen and oxygen atoms in total. The summed E-state index contributed by atoms with van der Waals surface area (Å²) in [6.45, 7) is 4.73. The zero-order valence-corrected chi connectivity index (χ0v) is 15.0. The maximum atomic E-state index is 12.1. The Balaban J connectivity index is 1.55. The predicted molar refractivity (Wildman–Crippen MR) is 98.7 cm³/mol. The van der Waals surface area contributed by atoms with Crippen molar-refractivity contribution in [1.82, 2.24) is 9.80 Å². The van der Waals surface area contributed by atoms with E-state index in [2.05, 4.69) is 4.90 Å². The number of likely N-dealkylation sites (tertiary alicyclic amines) is 1. The van der Waals surface area contributed by atoms with Crippen LogP contribution < -0.4 is 5.43 Å². The third kappa shape index (κ3) is 4.10. The van der Waals surface area contributed by atoms with E-state index in [0.717, 1.165) is 44.7 Å². The first-order valence-corrected chi connectivity index (χ1v) is 9.08. The van der Waals surface area contributed by atoms with Gasteiger partial charge in [-0.15, -0.1) is 0 Å². The second kappa shape index (κ2) is 7.83. The maximum absolute atomic E-state index is 12.1. The Bertz CT molecular complexity index is 791. The van der Waals surface area contributed by atoms with E-state index in [9.17, 15) is 9.59 Å². The van der Waals surface area contributed by atoms with Gasteiger partial charge >= 0.3 is 0 Å². The molecule has 1 aromatic heterocycles. The van der Waals surface area contributed by atoms with Gasteiger partial charge in [0.05, 0.1) is 5.39 Å². The largest absolute Gasteiger partial charge is 0.461 e. The average Bonchev–Trinajstić information content (AvgIpc) is 2.65. The monoisotopic (exact) mass is 342 g/mol. The van der Waals surface area contributed by atoms with E-state index in [-0.39, 0.29) is 11.3 Å². The quantitative estimate of drug-likeness (QED) is 0.838. The third-order valence-electron chi connectivity index (χ3n) is 5.16. The Morgan fingerprint density at radius 2 is 2.00 bits per heavy atom. The van der Waals surface area contributed by atoms with E-state index in [1.54, 1.807) is 12.1 Å². The molecule has 1 saturated heterocycles. The van der Waals surface area contributed by atoms with Crippen molar-refractivity contribution in [2.24, 2.45) is 0 Å². The Morgan fingerprint density at radius 1 is 1.28 bits per heavy atom. The van der Waals surface area contributed by atoms with Crippen LogP contribution in [0.25, 0.3) is 11.0 Å². The van der Waals surface area contributed by atoms with Crippen LogP contribution in [0, 0.1) is 0 Å². The van der Waals surface area contributed by atoms with E-state index >= 15 is 0 Å². The molecule has 0 radical (unpaired) electrons. The first kappa shape index (κ1) is 17.7. The van der Waals surface area contributed by atoms with Crippen molar-refractivity contribution in [3.63, 3.8) is 0 Å². The first-order chi connectivity index (χ1) is 12.1. The highest BCUT2D eigenvalue weighted by Gasteiger charge is 2.24. The fourth-order valence-corrected chi connectivity index (χ4v) is 3.53. The van der Waals surface area contributed by atoms with Crippen molar-refractivity contribution in [2.75, 3.05) is 26.7 Å². The number of fused-ring (bicyclic) bond motifs is 1. The minimum Gasteiger partial charge on any atom is -0.461 e. The summed E-state index contributed by atoms with van der Waals surface area (Å²) in [5, 5.41) is 0.635. The average molecular weight is 342 g/mol. The zero-order chi connectivity index (χ0) is 17.8. The second-order valence-corrected chi connectivity index (χ2v) is 6.75. The van der Waals surface area contributed by atoms with Crippen LogP contribution in [0.15, 0.2) is 39.5 Å². The molecule has 1 fully saturated rings. The Kier molecular flexibility index (Phi) is 5.53. The molecule has 2 heterocycles. The Labute approximate surface area is 148 Å². The molecule has 1 aliphatic rings. The lowest BCUT2D eigenvalue weighted by Crippen LogP contribution is -2.45. The molecule has 3 rings (SSSR count). The van der Waals surface area contributed by atoms with Gasteiger partial charge < -0.3 is 14.2 Å². The van der Waals surface area contributed by atoms with Gasteiger partial charge in [0.25, 0.3) is 0 Å². The van der Waals surface area contributed by atoms with Crippen molar-refractivity contribution in [3.8, 4) is 0 Å².